The first-order valence-electron chi connectivity index (χ1n) is 4.89. The van der Waals surface area contributed by atoms with E-state index in [-0.39, 0.29) is 0 Å². The van der Waals surface area contributed by atoms with Crippen molar-refractivity contribution in [3.8, 4) is 0 Å². The number of nitrogens with zero attached hydrogens (tertiary/aromatic N) is 1. The molecule has 2 atom stereocenters. The van der Waals surface area contributed by atoms with Gasteiger partial charge in [0.05, 0.1) is 13.2 Å². The van der Waals surface area contributed by atoms with Gasteiger partial charge in [0.15, 0.2) is 0 Å². The number of morpholine rings is 1. The summed E-state index contributed by atoms with van der Waals surface area (Å²) < 4.78 is 5.45. The van der Waals surface area contributed by atoms with Gasteiger partial charge >= 0.3 is 0 Å². The summed E-state index contributed by atoms with van der Waals surface area (Å²) in [7, 11) is 2.22. The lowest BCUT2D eigenvalue weighted by atomic mass is 10.1. The molecule has 2 heterocycles. The topological polar surface area (TPSA) is 24.5 Å². The Morgan fingerprint density at radius 2 is 2.42 bits per heavy atom. The third-order valence-electron chi connectivity index (χ3n) is 2.99. The minimum Gasteiger partial charge on any atom is -0.378 e. The third kappa shape index (κ3) is 1.63. The van der Waals surface area contributed by atoms with Crippen molar-refractivity contribution >= 4 is 0 Å². The predicted octanol–water partition coefficient (Wildman–Crippen LogP) is 0.0690. The Kier molecular flexibility index (Phi) is 2.63. The van der Waals surface area contributed by atoms with Crippen LogP contribution in [0.4, 0.5) is 0 Å². The summed E-state index contributed by atoms with van der Waals surface area (Å²) in [5, 5.41) is 3.52. The highest BCUT2D eigenvalue weighted by Crippen LogP contribution is 2.19. The highest BCUT2D eigenvalue weighted by molar-refractivity contribution is 4.88. The molecule has 2 rings (SSSR count). The van der Waals surface area contributed by atoms with Crippen LogP contribution in [0.2, 0.25) is 0 Å². The summed E-state index contributed by atoms with van der Waals surface area (Å²) in [5.41, 5.74) is 0. The maximum atomic E-state index is 5.45. The van der Waals surface area contributed by atoms with E-state index in [1.807, 2.05) is 0 Å². The first-order valence-corrected chi connectivity index (χ1v) is 4.89. The van der Waals surface area contributed by atoms with E-state index in [0.717, 1.165) is 19.8 Å². The van der Waals surface area contributed by atoms with Crippen LogP contribution in [-0.2, 0) is 4.74 Å². The van der Waals surface area contributed by atoms with Gasteiger partial charge in [-0.3, -0.25) is 0 Å². The quantitative estimate of drug-likeness (QED) is 0.602. The van der Waals surface area contributed by atoms with Gasteiger partial charge in [0.25, 0.3) is 0 Å². The Hall–Kier alpha value is -0.120. The SMILES string of the molecule is CN1CCCC1C1COCCN1. The van der Waals surface area contributed by atoms with E-state index in [4.69, 9.17) is 4.74 Å². The first kappa shape index (κ1) is 8.48. The van der Waals surface area contributed by atoms with Crippen LogP contribution in [0.15, 0.2) is 0 Å². The average molecular weight is 170 g/mol. The Morgan fingerprint density at radius 1 is 1.50 bits per heavy atom. The summed E-state index contributed by atoms with van der Waals surface area (Å²) >= 11 is 0. The molecule has 0 radical (unpaired) electrons. The molecule has 3 nitrogen and oxygen atoms in total. The zero-order valence-electron chi connectivity index (χ0n) is 7.75. The van der Waals surface area contributed by atoms with Crippen molar-refractivity contribution in [2.24, 2.45) is 0 Å². The molecule has 2 saturated heterocycles. The Bertz CT molecular complexity index is 145. The summed E-state index contributed by atoms with van der Waals surface area (Å²) in [6.45, 7) is 4.06. The van der Waals surface area contributed by atoms with Crippen molar-refractivity contribution in [3.05, 3.63) is 0 Å². The standard InChI is InChI=1S/C9H18N2O/c1-11-5-2-3-9(11)8-7-12-6-4-10-8/h8-10H,2-7H2,1H3. The minimum atomic E-state index is 0.575. The van der Waals surface area contributed by atoms with Gasteiger partial charge in [-0.1, -0.05) is 0 Å². The molecule has 0 saturated carbocycles. The number of ether oxygens (including phenoxy) is 1. The second kappa shape index (κ2) is 3.73. The fourth-order valence-electron chi connectivity index (χ4n) is 2.28. The molecular weight excluding hydrogens is 152 g/mol. The minimum absolute atomic E-state index is 0.575. The Morgan fingerprint density at radius 3 is 3.00 bits per heavy atom. The monoisotopic (exact) mass is 170 g/mol. The third-order valence-corrected chi connectivity index (χ3v) is 2.99. The number of nitrogens with one attached hydrogen (secondary N) is 1. The van der Waals surface area contributed by atoms with Crippen LogP contribution in [0.5, 0.6) is 0 Å². The fourth-order valence-corrected chi connectivity index (χ4v) is 2.28. The van der Waals surface area contributed by atoms with Crippen LogP contribution >= 0.6 is 0 Å². The maximum Gasteiger partial charge on any atom is 0.0635 e. The summed E-state index contributed by atoms with van der Waals surface area (Å²) in [6.07, 6.45) is 2.68. The molecule has 2 aliphatic rings. The molecular formula is C9H18N2O. The Labute approximate surface area is 74.1 Å². The van der Waals surface area contributed by atoms with E-state index in [1.165, 1.54) is 19.4 Å². The van der Waals surface area contributed by atoms with Crippen molar-refractivity contribution in [2.75, 3.05) is 33.4 Å². The molecule has 0 aromatic heterocycles. The van der Waals surface area contributed by atoms with Gasteiger partial charge in [-0.25, -0.2) is 0 Å². The lowest BCUT2D eigenvalue weighted by Crippen LogP contribution is -2.52. The molecule has 2 unspecified atom stereocenters. The molecule has 70 valence electrons. The zero-order valence-corrected chi connectivity index (χ0v) is 7.75. The normalized spacial score (nSPS) is 38.8. The molecule has 0 aromatic carbocycles. The average Bonchev–Trinajstić information content (AvgIpc) is 2.53. The maximum absolute atomic E-state index is 5.45. The molecule has 0 spiro atoms. The number of likely N-dealkylation sites (N-methyl/N-ethyl adjacent to an activating group) is 1. The van der Waals surface area contributed by atoms with Gasteiger partial charge in [0.2, 0.25) is 0 Å². The van der Waals surface area contributed by atoms with Crippen LogP contribution in [0.1, 0.15) is 12.8 Å². The van der Waals surface area contributed by atoms with Crippen LogP contribution in [-0.4, -0.2) is 50.3 Å². The zero-order chi connectivity index (χ0) is 8.39. The van der Waals surface area contributed by atoms with Gasteiger partial charge < -0.3 is 15.0 Å². The van der Waals surface area contributed by atoms with E-state index in [9.17, 15) is 0 Å². The largest absolute Gasteiger partial charge is 0.378 e. The van der Waals surface area contributed by atoms with Crippen molar-refractivity contribution in [1.29, 1.82) is 0 Å². The summed E-state index contributed by atoms with van der Waals surface area (Å²) in [5.74, 6) is 0. The van der Waals surface area contributed by atoms with Crippen LogP contribution in [0.25, 0.3) is 0 Å². The fraction of sp³-hybridized carbons (Fsp3) is 1.00. The van der Waals surface area contributed by atoms with Crippen LogP contribution in [0.3, 0.4) is 0 Å². The molecule has 2 aliphatic heterocycles. The number of likely N-dealkylation sites (tertiary alicyclic amines) is 1. The highest BCUT2D eigenvalue weighted by atomic mass is 16.5. The molecule has 2 fully saturated rings. The second-order valence-electron chi connectivity index (χ2n) is 3.83. The predicted molar refractivity (Wildman–Crippen MR) is 48.3 cm³/mol. The Balaban J connectivity index is 1.89. The van der Waals surface area contributed by atoms with Gasteiger partial charge in [0, 0.05) is 18.6 Å². The van der Waals surface area contributed by atoms with E-state index in [0.29, 0.717) is 12.1 Å². The van der Waals surface area contributed by atoms with Gasteiger partial charge in [-0.2, -0.15) is 0 Å². The van der Waals surface area contributed by atoms with Crippen LogP contribution < -0.4 is 5.32 Å². The lowest BCUT2D eigenvalue weighted by molar-refractivity contribution is 0.0502. The second-order valence-corrected chi connectivity index (χ2v) is 3.83. The van der Waals surface area contributed by atoms with Crippen molar-refractivity contribution < 1.29 is 4.74 Å². The van der Waals surface area contributed by atoms with Gasteiger partial charge in [-0.05, 0) is 26.4 Å². The molecule has 0 aliphatic carbocycles. The smallest absolute Gasteiger partial charge is 0.0635 e. The highest BCUT2D eigenvalue weighted by Gasteiger charge is 2.30. The van der Waals surface area contributed by atoms with E-state index in [1.54, 1.807) is 0 Å². The van der Waals surface area contributed by atoms with Crippen molar-refractivity contribution in [1.82, 2.24) is 10.2 Å². The summed E-state index contributed by atoms with van der Waals surface area (Å²) in [4.78, 5) is 2.45. The van der Waals surface area contributed by atoms with E-state index >= 15 is 0 Å². The molecule has 0 amide bonds. The summed E-state index contributed by atoms with van der Waals surface area (Å²) in [6, 6.07) is 1.29. The van der Waals surface area contributed by atoms with E-state index < -0.39 is 0 Å². The number of hydrogen-bond donors (Lipinski definition) is 1. The van der Waals surface area contributed by atoms with Crippen molar-refractivity contribution in [2.45, 2.75) is 24.9 Å². The van der Waals surface area contributed by atoms with E-state index in [2.05, 4.69) is 17.3 Å². The first-order chi connectivity index (χ1) is 5.88. The molecule has 0 bridgehead atoms. The number of hydrogen-bond acceptors (Lipinski definition) is 3. The lowest BCUT2D eigenvalue weighted by Gasteiger charge is -2.32. The molecule has 3 heteroatoms. The van der Waals surface area contributed by atoms with Crippen molar-refractivity contribution in [3.63, 3.8) is 0 Å². The molecule has 12 heavy (non-hydrogen) atoms. The molecule has 1 N–H and O–H groups in total. The van der Waals surface area contributed by atoms with Gasteiger partial charge in [-0.15, -0.1) is 0 Å². The van der Waals surface area contributed by atoms with Gasteiger partial charge in [0.1, 0.15) is 0 Å². The number of rotatable bonds is 1. The van der Waals surface area contributed by atoms with Crippen LogP contribution in [0, 0.1) is 0 Å². The molecule has 0 aromatic rings.